The van der Waals surface area contributed by atoms with E-state index in [1.54, 1.807) is 61.3 Å². The van der Waals surface area contributed by atoms with Crippen molar-refractivity contribution in [3.05, 3.63) is 130 Å². The van der Waals surface area contributed by atoms with Crippen molar-refractivity contribution in [2.75, 3.05) is 171 Å². The van der Waals surface area contributed by atoms with Gasteiger partial charge in [0.15, 0.2) is 30.6 Å². The molecular formula is C96H120N14O25. The Kier molecular flexibility index (Phi) is 36.8. The van der Waals surface area contributed by atoms with Crippen LogP contribution in [0.4, 0.5) is 46.0 Å². The summed E-state index contributed by atoms with van der Waals surface area (Å²) >= 11 is 0. The molecular weight excluding hydrogens is 1750 g/mol. The Morgan fingerprint density at radius 1 is 0.467 bits per heavy atom. The van der Waals surface area contributed by atoms with Crippen molar-refractivity contribution in [1.82, 2.24) is 41.0 Å². The van der Waals surface area contributed by atoms with Gasteiger partial charge in [0.1, 0.15) is 58.5 Å². The molecule has 11 amide bonds. The number of carbonyl (C=O) groups is 14. The maximum atomic E-state index is 13.2. The van der Waals surface area contributed by atoms with E-state index in [2.05, 4.69) is 48.6 Å². The molecule has 2 aromatic heterocycles. The number of aromatic nitrogens is 2. The summed E-state index contributed by atoms with van der Waals surface area (Å²) < 4.78 is 55.2. The van der Waals surface area contributed by atoms with Gasteiger partial charge in [0.25, 0.3) is 41.4 Å². The van der Waals surface area contributed by atoms with Crippen molar-refractivity contribution in [3.8, 4) is 23.0 Å². The van der Waals surface area contributed by atoms with Crippen LogP contribution >= 0.6 is 0 Å². The number of nitrogens with one attached hydrogen (secondary N) is 6. The summed E-state index contributed by atoms with van der Waals surface area (Å²) in [4.78, 5) is 194. The van der Waals surface area contributed by atoms with E-state index < -0.39 is 71.8 Å². The van der Waals surface area contributed by atoms with E-state index in [1.807, 2.05) is 38.1 Å². The molecule has 724 valence electrons. The number of pyridine rings is 2. The summed E-state index contributed by atoms with van der Waals surface area (Å²) in [5.74, 6) is -2.56. The average Bonchev–Trinajstić information content (AvgIpc) is 1.49. The van der Waals surface area contributed by atoms with Crippen LogP contribution in [0.3, 0.4) is 0 Å². The third-order valence-electron chi connectivity index (χ3n) is 24.3. The lowest BCUT2D eigenvalue weighted by atomic mass is 9.92. The minimum absolute atomic E-state index is 0.00579. The first-order valence-corrected chi connectivity index (χ1v) is 46.0. The van der Waals surface area contributed by atoms with Crippen LogP contribution in [0.1, 0.15) is 198 Å². The normalized spacial score (nSPS) is 18.1. The lowest BCUT2D eigenvalue weighted by Gasteiger charge is -2.42. The standard InChI is InChI=1S/C47H58N8O12.C27H36N2O9.C22H26N4O4/c1-29-45(60)53(2)34-15-17-38(51-42(34)54(29)31-9-4-5-10-31)50-33-14-13-30(27-37(33)63-3)43(58)49-20-8-22-65-24-26-66-25-23-64-21-7-19-48-40(57)28-67-36-12-6-11-32-41(36)47(62)55(46(32)61)35-16-18-39(56)52-44(35)59;1-2-3-11-35-13-15-37-16-14-36-12-5-10-28-24(32)18-38-23-7-4-6-20-25(23)27(34)29(26(20)33)21-9-8-19(30)17-22(21)31;1-13-21(27)25(2)17-10-11-19(24-20(17)26(13)15-6-4-5-7-15)23-16-9-8-14(22(28)29)12-18(16)30-3/h6,11-15,17,27,29,31,35H,4-5,7-10,16,18-26,28H2,1-3H3,(H,48,57)(H,49,58)(H,50,51)(H,52,56,59);4,6-7,21H,2-3,5,8-18H2,1H3,(H,28,32);8-13,15H,4-7H2,1-3H3,(H,23,24)(H,28,29)/t29-,35?;;13-/m1.0/s1. The van der Waals surface area contributed by atoms with Crippen LogP contribution in [0.15, 0.2) is 97.1 Å². The Hall–Kier alpha value is -13.1. The summed E-state index contributed by atoms with van der Waals surface area (Å²) in [5, 5.41) is 26.3. The van der Waals surface area contributed by atoms with Gasteiger partial charge in [-0.2, -0.15) is 0 Å². The Bertz CT molecular complexity index is 5290. The molecule has 5 aliphatic heterocycles. The lowest BCUT2D eigenvalue weighted by Crippen LogP contribution is -2.54. The number of nitrogens with zero attached hydrogens (tertiary/aromatic N) is 8. The largest absolute Gasteiger partial charge is 0.495 e. The highest BCUT2D eigenvalue weighted by atomic mass is 16.6. The second kappa shape index (κ2) is 49.2. The topological polar surface area (TPSA) is 469 Å². The zero-order valence-electron chi connectivity index (χ0n) is 77.3. The van der Waals surface area contributed by atoms with Gasteiger partial charge in [0, 0.05) is 90.6 Å². The van der Waals surface area contributed by atoms with Gasteiger partial charge in [0.05, 0.1) is 130 Å². The smallest absolute Gasteiger partial charge is 0.335 e. The number of methoxy groups -OCH3 is 2. The Labute approximate surface area is 782 Å². The third kappa shape index (κ3) is 25.7. The molecule has 8 aliphatic rings. The molecule has 7 N–H and O–H groups in total. The van der Waals surface area contributed by atoms with Gasteiger partial charge in [-0.1, -0.05) is 51.2 Å². The number of carbonyl (C=O) groups excluding carboxylic acids is 13. The highest BCUT2D eigenvalue weighted by Gasteiger charge is 2.49. The molecule has 7 heterocycles. The maximum absolute atomic E-state index is 13.2. The predicted octanol–water partition coefficient (Wildman–Crippen LogP) is 8.46. The molecule has 0 bridgehead atoms. The van der Waals surface area contributed by atoms with Gasteiger partial charge in [-0.25, -0.2) is 14.8 Å². The van der Waals surface area contributed by atoms with E-state index in [0.717, 1.165) is 104 Å². The molecule has 3 saturated carbocycles. The molecule has 4 fully saturated rings. The highest BCUT2D eigenvalue weighted by molar-refractivity contribution is 6.26. The second-order valence-electron chi connectivity index (χ2n) is 33.4. The lowest BCUT2D eigenvalue weighted by molar-refractivity contribution is -0.136. The number of likely N-dealkylation sites (N-methyl/N-ethyl adjacent to an activating group) is 2. The number of amides is 11. The number of hydrogen-bond acceptors (Lipinski definition) is 30. The molecule has 39 nitrogen and oxygen atoms in total. The van der Waals surface area contributed by atoms with E-state index in [0.29, 0.717) is 158 Å². The minimum Gasteiger partial charge on any atom is -0.495 e. The number of carboxylic acids is 1. The number of aromatic carboxylic acids is 1. The summed E-state index contributed by atoms with van der Waals surface area (Å²) in [6, 6.07) is 24.2. The van der Waals surface area contributed by atoms with E-state index in [9.17, 15) is 72.2 Å². The first-order valence-electron chi connectivity index (χ1n) is 46.0. The summed E-state index contributed by atoms with van der Waals surface area (Å²) in [6.45, 7) is 11.9. The molecule has 2 unspecified atom stereocenters. The van der Waals surface area contributed by atoms with Crippen molar-refractivity contribution in [2.45, 2.75) is 173 Å². The van der Waals surface area contributed by atoms with Gasteiger partial charge in [-0.05, 0) is 163 Å². The van der Waals surface area contributed by atoms with Crippen LogP contribution in [-0.2, 0) is 66.8 Å². The fourth-order valence-electron chi connectivity index (χ4n) is 17.2. The Morgan fingerprint density at radius 2 is 0.881 bits per heavy atom. The minimum atomic E-state index is -1.11. The predicted molar refractivity (Wildman–Crippen MR) is 494 cm³/mol. The van der Waals surface area contributed by atoms with Crippen LogP contribution < -0.4 is 70.4 Å². The summed E-state index contributed by atoms with van der Waals surface area (Å²) in [6.07, 6.45) is 12.7. The van der Waals surface area contributed by atoms with Crippen LogP contribution in [0.2, 0.25) is 0 Å². The van der Waals surface area contributed by atoms with Crippen LogP contribution in [0, 0.1) is 0 Å². The average molecular weight is 1870 g/mol. The number of benzene rings is 4. The quantitative estimate of drug-likeness (QED) is 0.0107. The van der Waals surface area contributed by atoms with Crippen LogP contribution in [0.25, 0.3) is 0 Å². The van der Waals surface area contributed by atoms with Gasteiger partial charge in [-0.3, -0.25) is 77.4 Å². The summed E-state index contributed by atoms with van der Waals surface area (Å²) in [7, 11) is 6.61. The summed E-state index contributed by atoms with van der Waals surface area (Å²) in [5.41, 5.74) is 3.62. The number of unbranched alkanes of at least 4 members (excludes halogenated alkanes) is 1. The zero-order chi connectivity index (χ0) is 96.2. The molecule has 3 aliphatic carbocycles. The Balaban J connectivity index is 0.000000202. The van der Waals surface area contributed by atoms with Crippen molar-refractivity contribution in [2.24, 2.45) is 0 Å². The number of ether oxygens (including phenoxy) is 10. The number of piperidine rings is 1. The zero-order valence-corrected chi connectivity index (χ0v) is 77.3. The number of rotatable bonds is 45. The number of hydrogen-bond donors (Lipinski definition) is 7. The fourth-order valence-corrected chi connectivity index (χ4v) is 17.2. The van der Waals surface area contributed by atoms with E-state index in [4.69, 9.17) is 57.3 Å². The molecule has 135 heavy (non-hydrogen) atoms. The monoisotopic (exact) mass is 1870 g/mol. The first kappa shape index (κ1) is 101. The molecule has 0 spiro atoms. The van der Waals surface area contributed by atoms with Gasteiger partial charge >= 0.3 is 5.97 Å². The van der Waals surface area contributed by atoms with Crippen molar-refractivity contribution in [1.29, 1.82) is 0 Å². The molecule has 4 aromatic carbocycles. The molecule has 0 radical (unpaired) electrons. The van der Waals surface area contributed by atoms with Crippen LogP contribution in [0.5, 0.6) is 23.0 Å². The fraction of sp³-hybridized carbons (Fsp3) is 0.500. The van der Waals surface area contributed by atoms with Gasteiger partial charge < -0.3 is 98.7 Å². The number of anilines is 8. The molecule has 1 saturated heterocycles. The van der Waals surface area contributed by atoms with E-state index in [1.165, 1.54) is 49.6 Å². The van der Waals surface area contributed by atoms with Crippen molar-refractivity contribution >= 4 is 129 Å². The van der Waals surface area contributed by atoms with Crippen molar-refractivity contribution in [3.63, 3.8) is 0 Å². The number of imide groups is 3. The number of ketones is 2. The van der Waals surface area contributed by atoms with E-state index >= 15 is 0 Å². The number of fused-ring (bicyclic) bond motifs is 4. The van der Waals surface area contributed by atoms with E-state index in [-0.39, 0.29) is 126 Å². The number of Topliss-reactive ketones (excluding diaryl/α,β-unsaturated/α-hetero) is 2. The van der Waals surface area contributed by atoms with Gasteiger partial charge in [0.2, 0.25) is 23.6 Å². The highest BCUT2D eigenvalue weighted by Crippen LogP contribution is 2.44. The van der Waals surface area contributed by atoms with Crippen LogP contribution in [-0.4, -0.2) is 284 Å². The molecule has 4 atom stereocenters. The Morgan fingerprint density at radius 3 is 1.31 bits per heavy atom. The second-order valence-corrected chi connectivity index (χ2v) is 33.4. The third-order valence-corrected chi connectivity index (χ3v) is 24.3. The van der Waals surface area contributed by atoms with Crippen molar-refractivity contribution < 1.29 is 120 Å². The molecule has 6 aromatic rings. The molecule has 14 rings (SSSR count). The SMILES string of the molecule is CCCCOCCOCCOCCCNC(=O)COc1cccc2c1C(=O)N(C1CCC(=O)CC1=O)C2=O.COc1cc(C(=O)NCCCOCCOCCOCCCNC(=O)COc2cccc3c2C(=O)N(C2CCC(=O)NC2=O)C3=O)ccc1Nc1ccc2c(n1)N(C1CCCC1)[C@H](C)C(=O)N2C.COc1cc(C(=O)O)ccc1Nc1ccc2c(n1)N(C1CCCC1)[C@@H](C)C(=O)N2C. The first-order chi connectivity index (χ1) is 65.3. The number of carboxylic acid groups (broad SMARTS) is 1. The molecule has 39 heteroatoms. The van der Waals surface area contributed by atoms with Gasteiger partial charge in [-0.15, -0.1) is 0 Å². The maximum Gasteiger partial charge on any atom is 0.335 e.